The zero-order valence-electron chi connectivity index (χ0n) is 15.2. The van der Waals surface area contributed by atoms with Crippen molar-refractivity contribution >= 4 is 17.6 Å². The van der Waals surface area contributed by atoms with E-state index in [9.17, 15) is 14.0 Å². The largest absolute Gasteiger partial charge is 0.355 e. The molecular formula is C20H19FN4O2. The Labute approximate surface area is 156 Å². The van der Waals surface area contributed by atoms with E-state index in [0.29, 0.717) is 28.3 Å². The van der Waals surface area contributed by atoms with Gasteiger partial charge in [0.05, 0.1) is 11.4 Å². The number of anilines is 1. The number of halogens is 1. The molecule has 0 saturated carbocycles. The molecule has 0 unspecified atom stereocenters. The molecule has 1 aromatic heterocycles. The van der Waals surface area contributed by atoms with Gasteiger partial charge in [-0.05, 0) is 48.9 Å². The summed E-state index contributed by atoms with van der Waals surface area (Å²) in [6.45, 7) is 3.23. The molecule has 3 aromatic rings. The second-order valence-corrected chi connectivity index (χ2v) is 6.03. The number of carbonyl (C=O) groups is 2. The Balaban J connectivity index is 2.13. The second kappa shape index (κ2) is 7.41. The summed E-state index contributed by atoms with van der Waals surface area (Å²) in [7, 11) is 1.57. The molecule has 1 heterocycles. The van der Waals surface area contributed by atoms with Gasteiger partial charge in [-0.25, -0.2) is 9.07 Å². The minimum Gasteiger partial charge on any atom is -0.355 e. The maximum Gasteiger partial charge on any atom is 0.251 e. The smallest absolute Gasteiger partial charge is 0.251 e. The van der Waals surface area contributed by atoms with Crippen LogP contribution in [0, 0.1) is 12.7 Å². The summed E-state index contributed by atoms with van der Waals surface area (Å²) in [4.78, 5) is 23.5. The molecule has 0 fully saturated rings. The minimum atomic E-state index is -0.338. The van der Waals surface area contributed by atoms with E-state index < -0.39 is 0 Å². The molecule has 2 aromatic carbocycles. The molecule has 2 N–H and O–H groups in total. The molecule has 0 bridgehead atoms. The van der Waals surface area contributed by atoms with Gasteiger partial charge in [-0.15, -0.1) is 0 Å². The maximum absolute atomic E-state index is 13.3. The fourth-order valence-corrected chi connectivity index (χ4v) is 2.86. The second-order valence-electron chi connectivity index (χ2n) is 6.03. The summed E-state index contributed by atoms with van der Waals surface area (Å²) >= 11 is 0. The first kappa shape index (κ1) is 18.3. The first-order chi connectivity index (χ1) is 12.9. The van der Waals surface area contributed by atoms with Gasteiger partial charge in [-0.3, -0.25) is 9.59 Å². The van der Waals surface area contributed by atoms with Crippen molar-refractivity contribution in [3.05, 3.63) is 65.6 Å². The molecule has 7 heteroatoms. The van der Waals surface area contributed by atoms with Crippen LogP contribution in [0.25, 0.3) is 16.8 Å². The highest BCUT2D eigenvalue weighted by Crippen LogP contribution is 2.33. The summed E-state index contributed by atoms with van der Waals surface area (Å²) in [6, 6.07) is 12.9. The first-order valence-electron chi connectivity index (χ1n) is 8.36. The molecule has 3 rings (SSSR count). The Morgan fingerprint density at radius 1 is 1.04 bits per heavy atom. The normalized spacial score (nSPS) is 10.5. The van der Waals surface area contributed by atoms with Crippen molar-refractivity contribution < 1.29 is 14.0 Å². The lowest BCUT2D eigenvalue weighted by Crippen LogP contribution is -2.17. The summed E-state index contributed by atoms with van der Waals surface area (Å²) in [6.07, 6.45) is 0. The van der Waals surface area contributed by atoms with Crippen molar-refractivity contribution in [2.75, 3.05) is 12.4 Å². The van der Waals surface area contributed by atoms with E-state index in [2.05, 4.69) is 15.7 Å². The zero-order chi connectivity index (χ0) is 19.6. The van der Waals surface area contributed by atoms with Gasteiger partial charge in [-0.1, -0.05) is 12.1 Å². The quantitative estimate of drug-likeness (QED) is 0.744. The third-order valence-electron chi connectivity index (χ3n) is 4.09. The molecule has 0 atom stereocenters. The molecule has 0 aliphatic heterocycles. The Kier molecular flexibility index (Phi) is 5.03. The fraction of sp³-hybridized carbons (Fsp3) is 0.150. The highest BCUT2D eigenvalue weighted by atomic mass is 19.1. The van der Waals surface area contributed by atoms with Crippen LogP contribution >= 0.6 is 0 Å². The first-order valence-corrected chi connectivity index (χ1v) is 8.36. The summed E-state index contributed by atoms with van der Waals surface area (Å²) < 4.78 is 14.9. The van der Waals surface area contributed by atoms with E-state index >= 15 is 0 Å². The SMILES string of the molecule is CNC(=O)c1ccc(-n2nc(C)c(-c3ccc(F)cc3)c2NC(C)=O)cc1. The number of nitrogens with zero attached hydrogens (tertiary/aromatic N) is 2. The number of benzene rings is 2. The third-order valence-corrected chi connectivity index (χ3v) is 4.09. The van der Waals surface area contributed by atoms with Crippen LogP contribution in [0.1, 0.15) is 23.0 Å². The number of hydrogen-bond donors (Lipinski definition) is 2. The summed E-state index contributed by atoms with van der Waals surface area (Å²) in [5, 5.41) is 9.91. The van der Waals surface area contributed by atoms with E-state index in [1.54, 1.807) is 48.1 Å². The number of hydrogen-bond acceptors (Lipinski definition) is 3. The van der Waals surface area contributed by atoms with E-state index in [1.807, 2.05) is 6.92 Å². The van der Waals surface area contributed by atoms with E-state index in [1.165, 1.54) is 19.1 Å². The fourth-order valence-electron chi connectivity index (χ4n) is 2.86. The van der Waals surface area contributed by atoms with Crippen LogP contribution in [0.3, 0.4) is 0 Å². The number of aryl methyl sites for hydroxylation is 1. The molecule has 0 saturated heterocycles. The maximum atomic E-state index is 13.3. The van der Waals surface area contributed by atoms with Crippen molar-refractivity contribution in [2.24, 2.45) is 0 Å². The van der Waals surface area contributed by atoms with Gasteiger partial charge >= 0.3 is 0 Å². The van der Waals surface area contributed by atoms with Gasteiger partial charge in [0.15, 0.2) is 0 Å². The third kappa shape index (κ3) is 3.72. The number of rotatable bonds is 4. The van der Waals surface area contributed by atoms with Gasteiger partial charge in [0.25, 0.3) is 5.91 Å². The zero-order valence-corrected chi connectivity index (χ0v) is 15.2. The molecule has 6 nitrogen and oxygen atoms in total. The predicted octanol–water partition coefficient (Wildman–Crippen LogP) is 3.30. The number of nitrogens with one attached hydrogen (secondary N) is 2. The molecule has 0 spiro atoms. The average molecular weight is 366 g/mol. The average Bonchev–Trinajstić information content (AvgIpc) is 2.97. The van der Waals surface area contributed by atoms with Crippen molar-refractivity contribution in [1.29, 1.82) is 0 Å². The summed E-state index contributed by atoms with van der Waals surface area (Å²) in [5.41, 5.74) is 3.33. The van der Waals surface area contributed by atoms with Gasteiger partial charge in [0.1, 0.15) is 11.6 Å². The van der Waals surface area contributed by atoms with Gasteiger partial charge < -0.3 is 10.6 Å². The number of amides is 2. The van der Waals surface area contributed by atoms with Crippen LogP contribution in [0.5, 0.6) is 0 Å². The highest BCUT2D eigenvalue weighted by Gasteiger charge is 2.19. The van der Waals surface area contributed by atoms with Crippen molar-refractivity contribution in [2.45, 2.75) is 13.8 Å². The molecule has 138 valence electrons. The van der Waals surface area contributed by atoms with Crippen LogP contribution < -0.4 is 10.6 Å². The van der Waals surface area contributed by atoms with Crippen LogP contribution in [-0.4, -0.2) is 28.6 Å². The lowest BCUT2D eigenvalue weighted by atomic mass is 10.1. The predicted molar refractivity (Wildman–Crippen MR) is 101 cm³/mol. The Hall–Kier alpha value is -3.48. The van der Waals surface area contributed by atoms with Gasteiger partial charge in [0.2, 0.25) is 5.91 Å². The van der Waals surface area contributed by atoms with Crippen LogP contribution in [-0.2, 0) is 4.79 Å². The lowest BCUT2D eigenvalue weighted by Gasteiger charge is -2.11. The Bertz CT molecular complexity index is 992. The van der Waals surface area contributed by atoms with E-state index in [4.69, 9.17) is 0 Å². The van der Waals surface area contributed by atoms with Crippen LogP contribution in [0.2, 0.25) is 0 Å². The number of aromatic nitrogens is 2. The van der Waals surface area contributed by atoms with Crippen LogP contribution in [0.4, 0.5) is 10.2 Å². The van der Waals surface area contributed by atoms with E-state index in [-0.39, 0.29) is 17.6 Å². The van der Waals surface area contributed by atoms with Crippen molar-refractivity contribution in [3.8, 4) is 16.8 Å². The minimum absolute atomic E-state index is 0.188. The summed E-state index contributed by atoms with van der Waals surface area (Å²) in [5.74, 6) is -0.289. The Morgan fingerprint density at radius 3 is 2.22 bits per heavy atom. The lowest BCUT2D eigenvalue weighted by molar-refractivity contribution is -0.114. The molecular weight excluding hydrogens is 347 g/mol. The van der Waals surface area contributed by atoms with E-state index in [0.717, 1.165) is 5.56 Å². The van der Waals surface area contributed by atoms with Gasteiger partial charge in [0, 0.05) is 25.1 Å². The van der Waals surface area contributed by atoms with Crippen LogP contribution in [0.15, 0.2) is 48.5 Å². The Morgan fingerprint density at radius 2 is 1.67 bits per heavy atom. The molecule has 2 amide bonds. The molecule has 0 aliphatic carbocycles. The highest BCUT2D eigenvalue weighted by molar-refractivity contribution is 5.95. The van der Waals surface area contributed by atoms with Crippen molar-refractivity contribution in [3.63, 3.8) is 0 Å². The monoisotopic (exact) mass is 366 g/mol. The number of carbonyl (C=O) groups excluding carboxylic acids is 2. The molecule has 0 radical (unpaired) electrons. The van der Waals surface area contributed by atoms with Crippen molar-refractivity contribution in [1.82, 2.24) is 15.1 Å². The topological polar surface area (TPSA) is 76.0 Å². The standard InChI is InChI=1S/C20H19FN4O2/c1-12-18(14-4-8-16(21)9-5-14)19(23-13(2)26)25(24-12)17-10-6-15(7-11-17)20(27)22-3/h4-11H,1-3H3,(H,22,27)(H,23,26). The molecule has 27 heavy (non-hydrogen) atoms. The van der Waals surface area contributed by atoms with Gasteiger partial charge in [-0.2, -0.15) is 5.10 Å². The molecule has 0 aliphatic rings.